The molecule has 1 saturated heterocycles. The number of fused-ring (bicyclic) bond motifs is 1. The van der Waals surface area contributed by atoms with Crippen LogP contribution in [0.3, 0.4) is 0 Å². The van der Waals surface area contributed by atoms with Gasteiger partial charge in [0, 0.05) is 32.1 Å². The Hall–Kier alpha value is -1.13. The SMILES string of the molecule is Fc1cccc2c1nc(CCCl)n2CCC1CCOC1. The maximum atomic E-state index is 13.8. The molecule has 0 N–H and O–H groups in total. The zero-order valence-electron chi connectivity index (χ0n) is 11.3. The molecular formula is C15H18ClFN2O. The van der Waals surface area contributed by atoms with Gasteiger partial charge in [-0.2, -0.15) is 0 Å². The van der Waals surface area contributed by atoms with Crippen molar-refractivity contribution in [2.75, 3.05) is 19.1 Å². The highest BCUT2D eigenvalue weighted by atomic mass is 35.5. The lowest BCUT2D eigenvalue weighted by Gasteiger charge is -2.11. The molecule has 0 saturated carbocycles. The second kappa shape index (κ2) is 6.10. The Labute approximate surface area is 122 Å². The van der Waals surface area contributed by atoms with Gasteiger partial charge >= 0.3 is 0 Å². The minimum absolute atomic E-state index is 0.263. The third kappa shape index (κ3) is 2.67. The van der Waals surface area contributed by atoms with Crippen LogP contribution in [0.1, 0.15) is 18.7 Å². The molecule has 20 heavy (non-hydrogen) atoms. The van der Waals surface area contributed by atoms with Crippen LogP contribution < -0.4 is 0 Å². The summed E-state index contributed by atoms with van der Waals surface area (Å²) < 4.78 is 21.3. The van der Waals surface area contributed by atoms with Crippen LogP contribution in [0.2, 0.25) is 0 Å². The Balaban J connectivity index is 1.89. The largest absolute Gasteiger partial charge is 0.381 e. The molecule has 1 aromatic carbocycles. The topological polar surface area (TPSA) is 27.1 Å². The molecule has 2 aromatic rings. The molecule has 5 heteroatoms. The molecule has 0 amide bonds. The highest BCUT2D eigenvalue weighted by Crippen LogP contribution is 2.23. The van der Waals surface area contributed by atoms with Crippen molar-refractivity contribution in [3.63, 3.8) is 0 Å². The maximum Gasteiger partial charge on any atom is 0.151 e. The van der Waals surface area contributed by atoms with Crippen LogP contribution in [0.15, 0.2) is 18.2 Å². The number of aryl methyl sites for hydroxylation is 2. The third-order valence-corrected chi connectivity index (χ3v) is 4.10. The van der Waals surface area contributed by atoms with E-state index in [2.05, 4.69) is 9.55 Å². The fourth-order valence-corrected chi connectivity index (χ4v) is 2.98. The average Bonchev–Trinajstić information content (AvgIpc) is 3.05. The van der Waals surface area contributed by atoms with Gasteiger partial charge in [-0.1, -0.05) is 6.07 Å². The van der Waals surface area contributed by atoms with E-state index in [4.69, 9.17) is 16.3 Å². The Morgan fingerprint density at radius 1 is 1.45 bits per heavy atom. The normalized spacial score (nSPS) is 19.0. The van der Waals surface area contributed by atoms with Gasteiger partial charge in [0.1, 0.15) is 11.3 Å². The Kier molecular flexibility index (Phi) is 4.22. The first-order valence-corrected chi connectivity index (χ1v) is 7.60. The number of nitrogens with zero attached hydrogens (tertiary/aromatic N) is 2. The number of hydrogen-bond donors (Lipinski definition) is 0. The summed E-state index contributed by atoms with van der Waals surface area (Å²) in [7, 11) is 0. The zero-order chi connectivity index (χ0) is 13.9. The number of benzene rings is 1. The second-order valence-electron chi connectivity index (χ2n) is 5.24. The van der Waals surface area contributed by atoms with E-state index in [1.807, 2.05) is 6.07 Å². The van der Waals surface area contributed by atoms with Gasteiger partial charge in [-0.25, -0.2) is 9.37 Å². The van der Waals surface area contributed by atoms with Crippen LogP contribution in [0, 0.1) is 11.7 Å². The summed E-state index contributed by atoms with van der Waals surface area (Å²) in [5, 5.41) is 0. The van der Waals surface area contributed by atoms with Gasteiger partial charge in [0.15, 0.2) is 5.82 Å². The molecule has 1 fully saturated rings. The molecular weight excluding hydrogens is 279 g/mol. The van der Waals surface area contributed by atoms with Gasteiger partial charge in [-0.3, -0.25) is 0 Å². The smallest absolute Gasteiger partial charge is 0.151 e. The van der Waals surface area contributed by atoms with Crippen LogP contribution in [-0.2, 0) is 17.7 Å². The van der Waals surface area contributed by atoms with Gasteiger partial charge in [0.25, 0.3) is 0 Å². The quantitative estimate of drug-likeness (QED) is 0.791. The van der Waals surface area contributed by atoms with Gasteiger partial charge in [-0.05, 0) is 30.9 Å². The lowest BCUT2D eigenvalue weighted by atomic mass is 10.1. The Bertz CT molecular complexity index is 593. The van der Waals surface area contributed by atoms with Crippen LogP contribution in [0.4, 0.5) is 4.39 Å². The fourth-order valence-electron chi connectivity index (χ4n) is 2.81. The van der Waals surface area contributed by atoms with Crippen molar-refractivity contribution >= 4 is 22.6 Å². The molecule has 1 atom stereocenters. The van der Waals surface area contributed by atoms with Gasteiger partial charge in [0.2, 0.25) is 0 Å². The summed E-state index contributed by atoms with van der Waals surface area (Å²) >= 11 is 5.84. The number of alkyl halides is 1. The molecule has 3 nitrogen and oxygen atoms in total. The summed E-state index contributed by atoms with van der Waals surface area (Å²) in [6.45, 7) is 2.55. The molecule has 1 aliphatic rings. The summed E-state index contributed by atoms with van der Waals surface area (Å²) in [6, 6.07) is 5.11. The predicted octanol–water partition coefficient (Wildman–Crippen LogP) is 3.38. The first-order valence-electron chi connectivity index (χ1n) is 7.07. The fraction of sp³-hybridized carbons (Fsp3) is 0.533. The van der Waals surface area contributed by atoms with E-state index in [1.54, 1.807) is 6.07 Å². The van der Waals surface area contributed by atoms with Crippen molar-refractivity contribution in [2.45, 2.75) is 25.8 Å². The molecule has 3 rings (SSSR count). The summed E-state index contributed by atoms with van der Waals surface area (Å²) in [5.74, 6) is 1.71. The zero-order valence-corrected chi connectivity index (χ0v) is 12.1. The molecule has 108 valence electrons. The number of hydrogen-bond acceptors (Lipinski definition) is 2. The molecule has 0 radical (unpaired) electrons. The monoisotopic (exact) mass is 296 g/mol. The number of ether oxygens (including phenoxy) is 1. The van der Waals surface area contributed by atoms with Gasteiger partial charge in [0.05, 0.1) is 5.52 Å². The van der Waals surface area contributed by atoms with Crippen LogP contribution in [0.5, 0.6) is 0 Å². The van der Waals surface area contributed by atoms with Gasteiger partial charge < -0.3 is 9.30 Å². The highest BCUT2D eigenvalue weighted by molar-refractivity contribution is 6.17. The molecule has 0 bridgehead atoms. The summed E-state index contributed by atoms with van der Waals surface area (Å²) in [5.41, 5.74) is 1.32. The molecule has 0 spiro atoms. The number of para-hydroxylation sites is 1. The van der Waals surface area contributed by atoms with E-state index in [0.29, 0.717) is 23.7 Å². The standard InChI is InChI=1S/C15H18ClFN2O/c16-7-4-14-18-15-12(17)2-1-3-13(15)19(14)8-5-11-6-9-20-10-11/h1-3,11H,4-10H2. The van der Waals surface area contributed by atoms with Crippen molar-refractivity contribution in [3.8, 4) is 0 Å². The van der Waals surface area contributed by atoms with Crippen molar-refractivity contribution in [1.29, 1.82) is 0 Å². The number of rotatable bonds is 5. The molecule has 1 aliphatic heterocycles. The second-order valence-corrected chi connectivity index (χ2v) is 5.62. The van der Waals surface area contributed by atoms with Crippen LogP contribution >= 0.6 is 11.6 Å². The van der Waals surface area contributed by atoms with Crippen molar-refractivity contribution < 1.29 is 9.13 Å². The molecule has 0 aliphatic carbocycles. The van der Waals surface area contributed by atoms with E-state index < -0.39 is 0 Å². The van der Waals surface area contributed by atoms with Crippen molar-refractivity contribution in [2.24, 2.45) is 5.92 Å². The lowest BCUT2D eigenvalue weighted by molar-refractivity contribution is 0.183. The summed E-state index contributed by atoms with van der Waals surface area (Å²) in [6.07, 6.45) is 2.82. The minimum Gasteiger partial charge on any atom is -0.381 e. The summed E-state index contributed by atoms with van der Waals surface area (Å²) in [4.78, 5) is 4.42. The number of halogens is 2. The third-order valence-electron chi connectivity index (χ3n) is 3.91. The van der Waals surface area contributed by atoms with E-state index in [-0.39, 0.29) is 5.82 Å². The lowest BCUT2D eigenvalue weighted by Crippen LogP contribution is -2.09. The van der Waals surface area contributed by atoms with E-state index in [1.165, 1.54) is 6.07 Å². The Morgan fingerprint density at radius 3 is 3.10 bits per heavy atom. The minimum atomic E-state index is -0.263. The number of imidazole rings is 1. The van der Waals surface area contributed by atoms with E-state index in [9.17, 15) is 4.39 Å². The molecule has 1 aromatic heterocycles. The highest BCUT2D eigenvalue weighted by Gasteiger charge is 2.18. The van der Waals surface area contributed by atoms with Gasteiger partial charge in [-0.15, -0.1) is 11.6 Å². The first-order chi connectivity index (χ1) is 9.79. The van der Waals surface area contributed by atoms with E-state index in [0.717, 1.165) is 43.9 Å². The van der Waals surface area contributed by atoms with Crippen LogP contribution in [-0.4, -0.2) is 28.6 Å². The predicted molar refractivity (Wildman–Crippen MR) is 77.7 cm³/mol. The van der Waals surface area contributed by atoms with Crippen molar-refractivity contribution in [3.05, 3.63) is 29.8 Å². The van der Waals surface area contributed by atoms with Crippen LogP contribution in [0.25, 0.3) is 11.0 Å². The molecule has 1 unspecified atom stereocenters. The maximum absolute atomic E-state index is 13.8. The van der Waals surface area contributed by atoms with Crippen molar-refractivity contribution in [1.82, 2.24) is 9.55 Å². The molecule has 2 heterocycles. The first kappa shape index (κ1) is 13.8. The number of aromatic nitrogens is 2. The average molecular weight is 297 g/mol. The van der Waals surface area contributed by atoms with E-state index >= 15 is 0 Å². The Morgan fingerprint density at radius 2 is 2.35 bits per heavy atom.